The van der Waals surface area contributed by atoms with Crippen LogP contribution < -0.4 is 11.2 Å². The first kappa shape index (κ1) is 18.8. The summed E-state index contributed by atoms with van der Waals surface area (Å²) in [5.41, 5.74) is 1.43. The molecule has 3 rings (SSSR count). The number of anilines is 1. The second-order valence-electron chi connectivity index (χ2n) is 5.33. The molecule has 4 atom stereocenters. The summed E-state index contributed by atoms with van der Waals surface area (Å²) < 4.78 is 6.64. The summed E-state index contributed by atoms with van der Waals surface area (Å²) in [4.78, 5) is 32.7. The number of hydrogen-bond acceptors (Lipinski definition) is 10. The maximum Gasteiger partial charge on any atom is 0.372 e. The average Bonchev–Trinajstić information content (AvgIpc) is 3.18. The lowest BCUT2D eigenvalue weighted by Crippen LogP contribution is -2.36. The van der Waals surface area contributed by atoms with E-state index in [9.17, 15) is 19.8 Å². The molecule has 140 valence electrons. The summed E-state index contributed by atoms with van der Waals surface area (Å²) in [6.07, 6.45) is -3.72. The minimum Gasteiger partial charge on any atom is -0.394 e. The molecule has 26 heavy (non-hydrogen) atoms. The quantitative estimate of drug-likeness (QED) is 0.497. The predicted octanol–water partition coefficient (Wildman–Crippen LogP) is -0.246. The van der Waals surface area contributed by atoms with Crippen LogP contribution in [0.5, 0.6) is 0 Å². The molecule has 12 heteroatoms. The topological polar surface area (TPSA) is 143 Å². The zero-order valence-corrected chi connectivity index (χ0v) is 14.6. The van der Waals surface area contributed by atoms with E-state index < -0.39 is 42.8 Å². The third-order valence-corrected chi connectivity index (χ3v) is 4.86. The first-order valence-electron chi connectivity index (χ1n) is 7.35. The zero-order valence-electron chi connectivity index (χ0n) is 13.0. The Kier molecular flexibility index (Phi) is 5.55. The number of aliphatic hydroxyl groups excluding tert-OH is 3. The highest BCUT2D eigenvalue weighted by atomic mass is 35.5. The number of nitrogens with one attached hydrogen (secondary N) is 1. The number of carbonyl (C=O) groups is 1. The number of thiophene rings is 1. The molecule has 1 aliphatic heterocycles. The molecule has 0 unspecified atom stereocenters. The molecule has 4 N–H and O–H groups in total. The van der Waals surface area contributed by atoms with Gasteiger partial charge in [0.25, 0.3) is 0 Å². The summed E-state index contributed by atoms with van der Waals surface area (Å²) in [7, 11) is 0. The molecule has 2 aromatic rings. The van der Waals surface area contributed by atoms with Crippen LogP contribution in [0.3, 0.4) is 0 Å². The number of hydrogen-bond donors (Lipinski definition) is 4. The van der Waals surface area contributed by atoms with Crippen LogP contribution in [0.1, 0.15) is 15.9 Å². The Bertz CT molecular complexity index is 857. The second kappa shape index (κ2) is 7.70. The fraction of sp³-hybridized carbons (Fsp3) is 0.357. The monoisotopic (exact) mass is 403 g/mol. The molecule has 0 aromatic carbocycles. The van der Waals surface area contributed by atoms with Crippen LogP contribution in [-0.4, -0.2) is 55.8 Å². The SMILES string of the molecule is O=C(ONc1ccn([C@@H]2O[C@H](CO)[C@@H](O)[C@H]2O)c(=O)n1)c1ccc(Cl)s1. The van der Waals surface area contributed by atoms with Gasteiger partial charge in [0.15, 0.2) is 12.0 Å². The van der Waals surface area contributed by atoms with Crippen molar-refractivity contribution in [1.29, 1.82) is 0 Å². The third kappa shape index (κ3) is 3.72. The van der Waals surface area contributed by atoms with Crippen molar-refractivity contribution in [2.24, 2.45) is 0 Å². The largest absolute Gasteiger partial charge is 0.394 e. The minimum atomic E-state index is -1.41. The Hall–Kier alpha value is -2.02. The Labute approximate surface area is 155 Å². The number of aliphatic hydroxyl groups is 3. The van der Waals surface area contributed by atoms with E-state index in [2.05, 4.69) is 10.5 Å². The molecule has 0 amide bonds. The summed E-state index contributed by atoms with van der Waals surface area (Å²) in [6.45, 7) is -0.515. The van der Waals surface area contributed by atoms with Crippen LogP contribution in [0, 0.1) is 0 Å². The minimum absolute atomic E-state index is 0.0472. The fourth-order valence-corrected chi connectivity index (χ4v) is 3.27. The summed E-state index contributed by atoms with van der Waals surface area (Å²) >= 11 is 6.77. The van der Waals surface area contributed by atoms with Crippen molar-refractivity contribution in [3.05, 3.63) is 44.1 Å². The van der Waals surface area contributed by atoms with E-state index in [1.54, 1.807) is 6.07 Å². The Morgan fingerprint density at radius 2 is 2.15 bits per heavy atom. The highest BCUT2D eigenvalue weighted by Gasteiger charge is 2.43. The van der Waals surface area contributed by atoms with E-state index in [1.807, 2.05) is 0 Å². The average molecular weight is 404 g/mol. The van der Waals surface area contributed by atoms with Crippen molar-refractivity contribution < 1.29 is 29.7 Å². The number of carbonyl (C=O) groups excluding carboxylic acids is 1. The molecule has 0 aliphatic carbocycles. The first-order valence-corrected chi connectivity index (χ1v) is 8.54. The smallest absolute Gasteiger partial charge is 0.372 e. The first-order chi connectivity index (χ1) is 12.4. The van der Waals surface area contributed by atoms with Gasteiger partial charge in [0, 0.05) is 12.3 Å². The molecule has 0 spiro atoms. The lowest BCUT2D eigenvalue weighted by Gasteiger charge is -2.17. The number of ether oxygens (including phenoxy) is 1. The van der Waals surface area contributed by atoms with Crippen molar-refractivity contribution in [3.63, 3.8) is 0 Å². The van der Waals surface area contributed by atoms with Gasteiger partial charge in [-0.15, -0.1) is 11.3 Å². The van der Waals surface area contributed by atoms with Gasteiger partial charge in [-0.05, 0) is 12.1 Å². The third-order valence-electron chi connectivity index (χ3n) is 3.64. The molecule has 0 saturated carbocycles. The van der Waals surface area contributed by atoms with E-state index >= 15 is 0 Å². The molecule has 2 aromatic heterocycles. The van der Waals surface area contributed by atoms with E-state index in [1.165, 1.54) is 18.3 Å². The Balaban J connectivity index is 1.68. The van der Waals surface area contributed by atoms with Gasteiger partial charge in [0.2, 0.25) is 0 Å². The summed E-state index contributed by atoms with van der Waals surface area (Å²) in [6, 6.07) is 4.35. The van der Waals surface area contributed by atoms with Gasteiger partial charge in [-0.1, -0.05) is 11.6 Å². The lowest BCUT2D eigenvalue weighted by atomic mass is 10.1. The molecule has 0 bridgehead atoms. The number of halogens is 1. The van der Waals surface area contributed by atoms with Crippen molar-refractivity contribution in [2.45, 2.75) is 24.5 Å². The number of nitrogens with zero attached hydrogens (tertiary/aromatic N) is 2. The fourth-order valence-electron chi connectivity index (χ4n) is 2.35. The van der Waals surface area contributed by atoms with Crippen molar-refractivity contribution in [3.8, 4) is 0 Å². The van der Waals surface area contributed by atoms with Gasteiger partial charge < -0.3 is 24.9 Å². The van der Waals surface area contributed by atoms with E-state index in [0.717, 1.165) is 15.9 Å². The number of rotatable bonds is 5. The molecule has 10 nitrogen and oxygen atoms in total. The second-order valence-corrected chi connectivity index (χ2v) is 7.04. The van der Waals surface area contributed by atoms with Crippen LogP contribution >= 0.6 is 22.9 Å². The molecule has 3 heterocycles. The molecule has 0 radical (unpaired) electrons. The predicted molar refractivity (Wildman–Crippen MR) is 89.9 cm³/mol. The van der Waals surface area contributed by atoms with Gasteiger partial charge in [0.1, 0.15) is 23.2 Å². The van der Waals surface area contributed by atoms with Crippen molar-refractivity contribution >= 4 is 34.7 Å². The highest BCUT2D eigenvalue weighted by molar-refractivity contribution is 7.17. The van der Waals surface area contributed by atoms with E-state index in [0.29, 0.717) is 4.34 Å². The van der Waals surface area contributed by atoms with Gasteiger partial charge in [-0.3, -0.25) is 4.57 Å². The van der Waals surface area contributed by atoms with E-state index in [4.69, 9.17) is 26.3 Å². The highest BCUT2D eigenvalue weighted by Crippen LogP contribution is 2.28. The molecule has 1 fully saturated rings. The van der Waals surface area contributed by atoms with Gasteiger partial charge in [0.05, 0.1) is 10.9 Å². The van der Waals surface area contributed by atoms with Gasteiger partial charge in [-0.25, -0.2) is 9.59 Å². The standard InChI is InChI=1S/C14H14ClN3O7S/c15-8-2-1-7(26-8)13(22)25-17-9-3-4-18(14(23)16-9)12-11(21)10(20)6(5-19)24-12/h1-4,6,10-12,19-21H,5H2,(H,16,17,23)/t6-,10-,11-,12-/m1/s1. The van der Waals surface area contributed by atoms with E-state index in [-0.39, 0.29) is 10.7 Å². The maximum atomic E-state index is 12.1. The van der Waals surface area contributed by atoms with Crippen LogP contribution in [0.2, 0.25) is 4.34 Å². The lowest BCUT2D eigenvalue weighted by molar-refractivity contribution is -0.0549. The van der Waals surface area contributed by atoms with Crippen molar-refractivity contribution in [2.75, 3.05) is 12.1 Å². The Morgan fingerprint density at radius 1 is 1.38 bits per heavy atom. The summed E-state index contributed by atoms with van der Waals surface area (Å²) in [5.74, 6) is -0.745. The molecule has 1 aliphatic rings. The molecular weight excluding hydrogens is 390 g/mol. The van der Waals surface area contributed by atoms with Crippen LogP contribution in [0.25, 0.3) is 0 Å². The van der Waals surface area contributed by atoms with Crippen LogP contribution in [0.15, 0.2) is 29.2 Å². The number of aromatic nitrogens is 2. The molecule has 1 saturated heterocycles. The van der Waals surface area contributed by atoms with Gasteiger partial charge >= 0.3 is 11.7 Å². The Morgan fingerprint density at radius 3 is 2.73 bits per heavy atom. The molecular formula is C14H14ClN3O7S. The van der Waals surface area contributed by atoms with Gasteiger partial charge in [-0.2, -0.15) is 10.5 Å². The van der Waals surface area contributed by atoms with Crippen LogP contribution in [-0.2, 0) is 9.57 Å². The summed E-state index contributed by atoms with van der Waals surface area (Å²) in [5, 5.41) is 28.8. The zero-order chi connectivity index (χ0) is 18.8. The maximum absolute atomic E-state index is 12.1. The van der Waals surface area contributed by atoms with Crippen LogP contribution in [0.4, 0.5) is 5.82 Å². The normalized spacial score (nSPS) is 25.2. The van der Waals surface area contributed by atoms with Crippen molar-refractivity contribution in [1.82, 2.24) is 9.55 Å².